The van der Waals surface area contributed by atoms with Crippen LogP contribution in [0.4, 0.5) is 5.69 Å². The zero-order valence-electron chi connectivity index (χ0n) is 14.8. The Morgan fingerprint density at radius 1 is 1.08 bits per heavy atom. The third-order valence-electron chi connectivity index (χ3n) is 3.55. The maximum absolute atomic E-state index is 12.1. The number of thioether (sulfide) groups is 1. The number of rotatable bonds is 6. The van der Waals surface area contributed by atoms with Crippen molar-refractivity contribution in [3.63, 3.8) is 0 Å². The molecule has 3 nitrogen and oxygen atoms in total. The Morgan fingerprint density at radius 2 is 1.75 bits per heavy atom. The third-order valence-corrected chi connectivity index (χ3v) is 4.51. The van der Waals surface area contributed by atoms with Crippen molar-refractivity contribution in [2.45, 2.75) is 38.0 Å². The molecular weight excluding hydrogens is 318 g/mol. The number of para-hydroxylation sites is 1. The lowest BCUT2D eigenvalue weighted by atomic mass is 9.87. The maximum Gasteiger partial charge on any atom is 0.262 e. The standard InChI is InChI=1S/C20H25NO2S/c1-5-24-18-9-7-6-8-17(18)21-19(22)14-23-16-12-10-15(11-13-16)20(2,3)4/h6-13H,5,14H2,1-4H3,(H,21,22). The van der Waals surface area contributed by atoms with Crippen molar-refractivity contribution in [1.29, 1.82) is 0 Å². The summed E-state index contributed by atoms with van der Waals surface area (Å²) in [5, 5.41) is 2.92. The Balaban J connectivity index is 1.92. The average molecular weight is 343 g/mol. The molecule has 1 N–H and O–H groups in total. The van der Waals surface area contributed by atoms with Gasteiger partial charge in [0.05, 0.1) is 5.69 Å². The number of carbonyl (C=O) groups excluding carboxylic acids is 1. The highest BCUT2D eigenvalue weighted by Gasteiger charge is 2.13. The molecule has 0 aliphatic heterocycles. The van der Waals surface area contributed by atoms with Crippen LogP contribution in [0.2, 0.25) is 0 Å². The van der Waals surface area contributed by atoms with Gasteiger partial charge in [0.15, 0.2) is 6.61 Å². The summed E-state index contributed by atoms with van der Waals surface area (Å²) in [4.78, 5) is 13.2. The van der Waals surface area contributed by atoms with E-state index in [9.17, 15) is 4.79 Å². The number of hydrogen-bond donors (Lipinski definition) is 1. The molecule has 0 bridgehead atoms. The van der Waals surface area contributed by atoms with Gasteiger partial charge in [0.25, 0.3) is 5.91 Å². The molecule has 128 valence electrons. The van der Waals surface area contributed by atoms with Crippen molar-refractivity contribution >= 4 is 23.4 Å². The summed E-state index contributed by atoms with van der Waals surface area (Å²) in [6, 6.07) is 15.7. The van der Waals surface area contributed by atoms with Gasteiger partial charge in [0.1, 0.15) is 5.75 Å². The Bertz CT molecular complexity index is 675. The van der Waals surface area contributed by atoms with E-state index < -0.39 is 0 Å². The zero-order valence-corrected chi connectivity index (χ0v) is 15.6. The van der Waals surface area contributed by atoms with Crippen LogP contribution >= 0.6 is 11.8 Å². The average Bonchev–Trinajstić information content (AvgIpc) is 2.55. The van der Waals surface area contributed by atoms with Crippen LogP contribution in [-0.2, 0) is 10.2 Å². The normalized spacial score (nSPS) is 11.2. The molecule has 0 saturated carbocycles. The van der Waals surface area contributed by atoms with Gasteiger partial charge >= 0.3 is 0 Å². The first kappa shape index (κ1) is 18.4. The molecule has 0 unspecified atom stereocenters. The van der Waals surface area contributed by atoms with E-state index in [0.29, 0.717) is 5.75 Å². The smallest absolute Gasteiger partial charge is 0.262 e. The SMILES string of the molecule is CCSc1ccccc1NC(=O)COc1ccc(C(C)(C)C)cc1. The van der Waals surface area contributed by atoms with E-state index in [1.807, 2.05) is 48.5 Å². The zero-order chi connectivity index (χ0) is 17.6. The fourth-order valence-corrected chi connectivity index (χ4v) is 3.00. The Hall–Kier alpha value is -1.94. The summed E-state index contributed by atoms with van der Waals surface area (Å²) in [5.74, 6) is 1.51. The molecular formula is C20H25NO2S. The predicted octanol–water partition coefficient (Wildman–Crippen LogP) is 5.11. The molecule has 0 radical (unpaired) electrons. The van der Waals surface area contributed by atoms with Crippen LogP contribution in [-0.4, -0.2) is 18.3 Å². The van der Waals surface area contributed by atoms with Crippen molar-refractivity contribution in [2.24, 2.45) is 0 Å². The molecule has 0 aliphatic rings. The first-order valence-corrected chi connectivity index (χ1v) is 9.13. The Labute approximate surface area is 148 Å². The number of anilines is 1. The molecule has 2 aromatic carbocycles. The molecule has 0 aliphatic carbocycles. The van der Waals surface area contributed by atoms with Crippen molar-refractivity contribution < 1.29 is 9.53 Å². The molecule has 0 spiro atoms. The second-order valence-electron chi connectivity index (χ2n) is 6.54. The maximum atomic E-state index is 12.1. The topological polar surface area (TPSA) is 38.3 Å². The second-order valence-corrected chi connectivity index (χ2v) is 7.85. The van der Waals surface area contributed by atoms with Crippen LogP contribution < -0.4 is 10.1 Å². The van der Waals surface area contributed by atoms with E-state index in [-0.39, 0.29) is 17.9 Å². The van der Waals surface area contributed by atoms with Gasteiger partial charge in [-0.1, -0.05) is 52.0 Å². The number of nitrogens with one attached hydrogen (secondary N) is 1. The fraction of sp³-hybridized carbons (Fsp3) is 0.350. The van der Waals surface area contributed by atoms with E-state index in [1.54, 1.807) is 11.8 Å². The summed E-state index contributed by atoms with van der Waals surface area (Å²) in [6.45, 7) is 8.60. The van der Waals surface area contributed by atoms with Crippen molar-refractivity contribution in [2.75, 3.05) is 17.7 Å². The molecule has 4 heteroatoms. The minimum absolute atomic E-state index is 0.00000945. The fourth-order valence-electron chi connectivity index (χ4n) is 2.24. The molecule has 1 amide bonds. The van der Waals surface area contributed by atoms with Crippen molar-refractivity contribution in [3.8, 4) is 5.75 Å². The van der Waals surface area contributed by atoms with Gasteiger partial charge in [-0.05, 0) is 41.0 Å². The third kappa shape index (κ3) is 5.31. The number of carbonyl (C=O) groups is 1. The molecule has 0 saturated heterocycles. The van der Waals surface area contributed by atoms with Crippen LogP contribution in [0.1, 0.15) is 33.3 Å². The minimum Gasteiger partial charge on any atom is -0.484 e. The Kier molecular flexibility index (Phi) is 6.32. The van der Waals surface area contributed by atoms with E-state index in [0.717, 1.165) is 16.3 Å². The van der Waals surface area contributed by atoms with Gasteiger partial charge in [-0.2, -0.15) is 0 Å². The van der Waals surface area contributed by atoms with Crippen LogP contribution in [0.25, 0.3) is 0 Å². The van der Waals surface area contributed by atoms with Gasteiger partial charge < -0.3 is 10.1 Å². The highest BCUT2D eigenvalue weighted by Crippen LogP contribution is 2.27. The molecule has 2 rings (SSSR count). The summed E-state index contributed by atoms with van der Waals surface area (Å²) >= 11 is 1.71. The molecule has 0 fully saturated rings. The van der Waals surface area contributed by atoms with Crippen LogP contribution in [0.3, 0.4) is 0 Å². The van der Waals surface area contributed by atoms with Crippen LogP contribution in [0.5, 0.6) is 5.75 Å². The predicted molar refractivity (Wildman–Crippen MR) is 102 cm³/mol. The molecule has 2 aromatic rings. The van der Waals surface area contributed by atoms with E-state index in [4.69, 9.17) is 4.74 Å². The highest BCUT2D eigenvalue weighted by molar-refractivity contribution is 7.99. The lowest BCUT2D eigenvalue weighted by Crippen LogP contribution is -2.20. The van der Waals surface area contributed by atoms with Crippen molar-refractivity contribution in [3.05, 3.63) is 54.1 Å². The summed E-state index contributed by atoms with van der Waals surface area (Å²) in [5.41, 5.74) is 2.18. The van der Waals surface area contributed by atoms with Gasteiger partial charge in [-0.25, -0.2) is 0 Å². The van der Waals surface area contributed by atoms with Gasteiger partial charge in [-0.3, -0.25) is 4.79 Å². The first-order valence-electron chi connectivity index (χ1n) is 8.15. The number of ether oxygens (including phenoxy) is 1. The monoisotopic (exact) mass is 343 g/mol. The van der Waals surface area contributed by atoms with Gasteiger partial charge in [0.2, 0.25) is 0 Å². The quantitative estimate of drug-likeness (QED) is 0.740. The van der Waals surface area contributed by atoms with E-state index in [1.165, 1.54) is 5.56 Å². The summed E-state index contributed by atoms with van der Waals surface area (Å²) in [6.07, 6.45) is 0. The van der Waals surface area contributed by atoms with Gasteiger partial charge in [-0.15, -0.1) is 11.8 Å². The summed E-state index contributed by atoms with van der Waals surface area (Å²) in [7, 11) is 0. The number of benzene rings is 2. The lowest BCUT2D eigenvalue weighted by molar-refractivity contribution is -0.118. The second kappa shape index (κ2) is 8.25. The lowest BCUT2D eigenvalue weighted by Gasteiger charge is -2.19. The van der Waals surface area contributed by atoms with Crippen LogP contribution in [0, 0.1) is 0 Å². The van der Waals surface area contributed by atoms with E-state index >= 15 is 0 Å². The first-order chi connectivity index (χ1) is 11.4. The highest BCUT2D eigenvalue weighted by atomic mass is 32.2. The molecule has 0 heterocycles. The van der Waals surface area contributed by atoms with Crippen molar-refractivity contribution in [1.82, 2.24) is 0 Å². The van der Waals surface area contributed by atoms with E-state index in [2.05, 4.69) is 33.0 Å². The minimum atomic E-state index is -0.154. The largest absolute Gasteiger partial charge is 0.484 e. The molecule has 0 atom stereocenters. The van der Waals surface area contributed by atoms with Crippen LogP contribution in [0.15, 0.2) is 53.4 Å². The van der Waals surface area contributed by atoms with Gasteiger partial charge in [0, 0.05) is 4.90 Å². The summed E-state index contributed by atoms with van der Waals surface area (Å²) < 4.78 is 5.59. The molecule has 0 aromatic heterocycles. The Morgan fingerprint density at radius 3 is 2.38 bits per heavy atom. The number of hydrogen-bond acceptors (Lipinski definition) is 3. The molecule has 24 heavy (non-hydrogen) atoms. The number of amides is 1.